The number of rotatable bonds is 4. The average Bonchev–Trinajstić information content (AvgIpc) is 3.10. The molecule has 0 fully saturated rings. The lowest BCUT2D eigenvalue weighted by Gasteiger charge is -2.02. The van der Waals surface area contributed by atoms with Crippen LogP contribution in [0, 0.1) is 0 Å². The van der Waals surface area contributed by atoms with E-state index < -0.39 is 0 Å². The summed E-state index contributed by atoms with van der Waals surface area (Å²) in [7, 11) is 0. The second kappa shape index (κ2) is 4.62. The third-order valence-electron chi connectivity index (χ3n) is 3.15. The summed E-state index contributed by atoms with van der Waals surface area (Å²) in [6, 6.07) is 2.07. The number of hydrogen-bond acceptors (Lipinski definition) is 4. The van der Waals surface area contributed by atoms with Gasteiger partial charge in [-0.1, -0.05) is 13.8 Å². The van der Waals surface area contributed by atoms with Gasteiger partial charge in [0.2, 0.25) is 0 Å². The van der Waals surface area contributed by atoms with Gasteiger partial charge in [-0.25, -0.2) is 4.68 Å². The van der Waals surface area contributed by atoms with Crippen LogP contribution in [0.1, 0.15) is 35.7 Å². The smallest absolute Gasteiger partial charge is 0.196 e. The fraction of sp³-hybridized carbons (Fsp3) is 0.308. The molecule has 3 rings (SSSR count). The van der Waals surface area contributed by atoms with Crippen molar-refractivity contribution in [1.29, 1.82) is 0 Å². The SMILES string of the molecule is CCc1cc(CC)n(-c2nc3sccn3c2C=O)n1. The molecular weight excluding hydrogens is 260 g/mol. The second-order valence-electron chi connectivity index (χ2n) is 4.24. The summed E-state index contributed by atoms with van der Waals surface area (Å²) in [5.74, 6) is 0.624. The van der Waals surface area contributed by atoms with Gasteiger partial charge < -0.3 is 0 Å². The molecule has 0 saturated carbocycles. The van der Waals surface area contributed by atoms with Crippen LogP contribution >= 0.6 is 11.3 Å². The predicted molar refractivity (Wildman–Crippen MR) is 74.3 cm³/mol. The summed E-state index contributed by atoms with van der Waals surface area (Å²) >= 11 is 1.51. The maximum absolute atomic E-state index is 11.4. The lowest BCUT2D eigenvalue weighted by molar-refractivity contribution is 0.111. The van der Waals surface area contributed by atoms with E-state index in [1.807, 2.05) is 11.6 Å². The topological polar surface area (TPSA) is 52.2 Å². The molecular formula is C13H14N4OS. The fourth-order valence-electron chi connectivity index (χ4n) is 2.14. The van der Waals surface area contributed by atoms with E-state index >= 15 is 0 Å². The van der Waals surface area contributed by atoms with Crippen LogP contribution in [0.15, 0.2) is 17.6 Å². The second-order valence-corrected chi connectivity index (χ2v) is 5.11. The number of aromatic nitrogens is 4. The Bertz CT molecular complexity index is 737. The zero-order valence-corrected chi connectivity index (χ0v) is 11.6. The third kappa shape index (κ3) is 1.79. The molecule has 5 nitrogen and oxygen atoms in total. The molecule has 0 unspecified atom stereocenters. The maximum atomic E-state index is 11.4. The summed E-state index contributed by atoms with van der Waals surface area (Å²) in [5.41, 5.74) is 2.65. The van der Waals surface area contributed by atoms with Crippen molar-refractivity contribution >= 4 is 22.6 Å². The van der Waals surface area contributed by atoms with E-state index in [2.05, 4.69) is 30.0 Å². The number of imidazole rings is 1. The van der Waals surface area contributed by atoms with Crippen LogP contribution in [0.4, 0.5) is 0 Å². The van der Waals surface area contributed by atoms with Crippen LogP contribution in [0.3, 0.4) is 0 Å². The number of aryl methyl sites for hydroxylation is 2. The van der Waals surface area contributed by atoms with Crippen molar-refractivity contribution in [1.82, 2.24) is 19.2 Å². The highest BCUT2D eigenvalue weighted by Gasteiger charge is 2.17. The highest BCUT2D eigenvalue weighted by Crippen LogP contribution is 2.21. The normalized spacial score (nSPS) is 11.3. The Morgan fingerprint density at radius 3 is 2.89 bits per heavy atom. The first-order chi connectivity index (χ1) is 9.28. The Morgan fingerprint density at radius 2 is 2.21 bits per heavy atom. The van der Waals surface area contributed by atoms with Crippen molar-refractivity contribution in [3.8, 4) is 5.82 Å². The van der Waals surface area contributed by atoms with Gasteiger partial charge in [0.25, 0.3) is 0 Å². The molecule has 0 aliphatic heterocycles. The minimum Gasteiger partial charge on any atom is -0.296 e. The zero-order valence-electron chi connectivity index (χ0n) is 10.8. The molecule has 0 radical (unpaired) electrons. The van der Waals surface area contributed by atoms with E-state index in [1.54, 1.807) is 9.08 Å². The Morgan fingerprint density at radius 1 is 1.37 bits per heavy atom. The largest absolute Gasteiger partial charge is 0.296 e. The van der Waals surface area contributed by atoms with Crippen molar-refractivity contribution in [3.05, 3.63) is 34.7 Å². The Balaban J connectivity index is 2.25. The molecule has 0 aliphatic carbocycles. The molecule has 3 heterocycles. The number of carbonyl (C=O) groups excluding carboxylic acids is 1. The standard InChI is InChI=1S/C13H14N4OS/c1-3-9-7-10(4-2)17(15-9)12-11(8-18)16-5-6-19-13(16)14-12/h5-8H,3-4H2,1-2H3. The summed E-state index contributed by atoms with van der Waals surface area (Å²) in [6.07, 6.45) is 4.43. The van der Waals surface area contributed by atoms with Gasteiger partial charge in [-0.3, -0.25) is 9.20 Å². The molecule has 0 saturated heterocycles. The van der Waals surface area contributed by atoms with Crippen LogP contribution in [0.2, 0.25) is 0 Å². The molecule has 19 heavy (non-hydrogen) atoms. The van der Waals surface area contributed by atoms with Gasteiger partial charge >= 0.3 is 0 Å². The van der Waals surface area contributed by atoms with E-state index in [9.17, 15) is 4.79 Å². The molecule has 0 N–H and O–H groups in total. The van der Waals surface area contributed by atoms with Crippen LogP contribution in [-0.4, -0.2) is 25.5 Å². The van der Waals surface area contributed by atoms with E-state index in [0.717, 1.165) is 35.5 Å². The Labute approximate surface area is 114 Å². The van der Waals surface area contributed by atoms with Crippen molar-refractivity contribution in [2.24, 2.45) is 0 Å². The highest BCUT2D eigenvalue weighted by molar-refractivity contribution is 7.15. The average molecular weight is 274 g/mol. The molecule has 0 aromatic carbocycles. The number of thiazole rings is 1. The van der Waals surface area contributed by atoms with Crippen molar-refractivity contribution in [2.75, 3.05) is 0 Å². The number of aldehydes is 1. The number of carbonyl (C=O) groups is 1. The Kier molecular flexibility index (Phi) is 2.94. The summed E-state index contributed by atoms with van der Waals surface area (Å²) in [4.78, 5) is 16.7. The maximum Gasteiger partial charge on any atom is 0.196 e. The molecule has 0 aliphatic rings. The summed E-state index contributed by atoms with van der Waals surface area (Å²) in [5, 5.41) is 6.46. The van der Waals surface area contributed by atoms with Crippen molar-refractivity contribution in [2.45, 2.75) is 26.7 Å². The number of hydrogen-bond donors (Lipinski definition) is 0. The van der Waals surface area contributed by atoms with Crippen LogP contribution in [0.25, 0.3) is 10.8 Å². The molecule has 0 amide bonds. The molecule has 98 valence electrons. The fourth-order valence-corrected chi connectivity index (χ4v) is 2.86. The monoisotopic (exact) mass is 274 g/mol. The van der Waals surface area contributed by atoms with Crippen LogP contribution in [0.5, 0.6) is 0 Å². The third-order valence-corrected chi connectivity index (χ3v) is 3.91. The van der Waals surface area contributed by atoms with Gasteiger partial charge in [0.05, 0.1) is 5.69 Å². The van der Waals surface area contributed by atoms with Gasteiger partial charge in [-0.05, 0) is 18.9 Å². The van der Waals surface area contributed by atoms with E-state index in [-0.39, 0.29) is 0 Å². The lowest BCUT2D eigenvalue weighted by atomic mass is 10.2. The van der Waals surface area contributed by atoms with Gasteiger partial charge in [0.15, 0.2) is 17.1 Å². The van der Waals surface area contributed by atoms with Gasteiger partial charge in [0.1, 0.15) is 5.69 Å². The van der Waals surface area contributed by atoms with Gasteiger partial charge in [-0.2, -0.15) is 10.1 Å². The first-order valence-corrected chi connectivity index (χ1v) is 7.15. The van der Waals surface area contributed by atoms with Gasteiger partial charge in [-0.15, -0.1) is 11.3 Å². The van der Waals surface area contributed by atoms with Crippen LogP contribution < -0.4 is 0 Å². The molecule has 3 aromatic heterocycles. The minimum atomic E-state index is 0.553. The quantitative estimate of drug-likeness (QED) is 0.687. The predicted octanol–water partition coefficient (Wildman–Crippen LogP) is 2.52. The molecule has 0 atom stereocenters. The molecule has 6 heteroatoms. The lowest BCUT2D eigenvalue weighted by Crippen LogP contribution is -2.05. The number of fused-ring (bicyclic) bond motifs is 1. The Hall–Kier alpha value is -1.95. The first kappa shape index (κ1) is 12.1. The van der Waals surface area contributed by atoms with Crippen LogP contribution in [-0.2, 0) is 12.8 Å². The van der Waals surface area contributed by atoms with E-state index in [1.165, 1.54) is 11.3 Å². The minimum absolute atomic E-state index is 0.553. The van der Waals surface area contributed by atoms with E-state index in [4.69, 9.17) is 0 Å². The number of nitrogens with zero attached hydrogens (tertiary/aromatic N) is 4. The molecule has 0 bridgehead atoms. The molecule has 0 spiro atoms. The van der Waals surface area contributed by atoms with Gasteiger partial charge in [0, 0.05) is 17.3 Å². The van der Waals surface area contributed by atoms with Crippen molar-refractivity contribution in [3.63, 3.8) is 0 Å². The summed E-state index contributed by atoms with van der Waals surface area (Å²) < 4.78 is 3.60. The summed E-state index contributed by atoms with van der Waals surface area (Å²) in [6.45, 7) is 4.14. The molecule has 3 aromatic rings. The van der Waals surface area contributed by atoms with E-state index in [0.29, 0.717) is 11.5 Å². The first-order valence-electron chi connectivity index (χ1n) is 6.27. The zero-order chi connectivity index (χ0) is 13.4. The highest BCUT2D eigenvalue weighted by atomic mass is 32.1. The van der Waals surface area contributed by atoms with Crippen molar-refractivity contribution < 1.29 is 4.79 Å².